The van der Waals surface area contributed by atoms with Crippen LogP contribution in [-0.4, -0.2) is 15.8 Å². The predicted octanol–water partition coefficient (Wildman–Crippen LogP) is 2.77. The second-order valence-electron chi connectivity index (χ2n) is 5.86. The lowest BCUT2D eigenvalue weighted by molar-refractivity contribution is 0.298. The molecule has 114 valence electrons. The quantitative estimate of drug-likeness (QED) is 0.888. The van der Waals surface area contributed by atoms with Gasteiger partial charge in [-0.1, -0.05) is 0 Å². The molecule has 0 aromatic carbocycles. The van der Waals surface area contributed by atoms with Crippen molar-refractivity contribution in [3.63, 3.8) is 0 Å². The van der Waals surface area contributed by atoms with Crippen LogP contribution in [0.2, 0.25) is 0 Å². The zero-order chi connectivity index (χ0) is 15.0. The molecule has 0 radical (unpaired) electrons. The zero-order valence-electron chi connectivity index (χ0n) is 13.2. The molecule has 1 fully saturated rings. The van der Waals surface area contributed by atoms with E-state index in [1.807, 2.05) is 32.5 Å². The molecule has 0 spiro atoms. The molecule has 2 aromatic rings. The summed E-state index contributed by atoms with van der Waals surface area (Å²) in [7, 11) is 1.93. The summed E-state index contributed by atoms with van der Waals surface area (Å²) in [5, 5.41) is 7.83. The van der Waals surface area contributed by atoms with Gasteiger partial charge >= 0.3 is 0 Å². The van der Waals surface area contributed by atoms with Crippen molar-refractivity contribution >= 4 is 0 Å². The first-order chi connectivity index (χ1) is 10.0. The molecule has 0 bridgehead atoms. The Morgan fingerprint density at radius 3 is 2.76 bits per heavy atom. The van der Waals surface area contributed by atoms with Crippen LogP contribution in [0.4, 0.5) is 0 Å². The largest absolute Gasteiger partial charge is 0.485 e. The van der Waals surface area contributed by atoms with Gasteiger partial charge in [-0.2, -0.15) is 5.10 Å². The van der Waals surface area contributed by atoms with Crippen LogP contribution in [0.3, 0.4) is 0 Å². The third-order valence-electron chi connectivity index (χ3n) is 4.03. The Morgan fingerprint density at radius 1 is 1.38 bits per heavy atom. The monoisotopic (exact) mass is 289 g/mol. The highest BCUT2D eigenvalue weighted by molar-refractivity contribution is 5.32. The molecule has 1 aliphatic rings. The van der Waals surface area contributed by atoms with E-state index in [-0.39, 0.29) is 0 Å². The van der Waals surface area contributed by atoms with Crippen molar-refractivity contribution in [2.75, 3.05) is 0 Å². The van der Waals surface area contributed by atoms with Crippen LogP contribution in [0.1, 0.15) is 41.3 Å². The molecule has 1 aliphatic carbocycles. The normalized spacial score (nSPS) is 14.7. The molecule has 0 atom stereocenters. The van der Waals surface area contributed by atoms with E-state index in [9.17, 15) is 0 Å². The summed E-state index contributed by atoms with van der Waals surface area (Å²) in [4.78, 5) is 0. The van der Waals surface area contributed by atoms with Crippen LogP contribution in [0.15, 0.2) is 10.5 Å². The summed E-state index contributed by atoms with van der Waals surface area (Å²) < 4.78 is 13.6. The smallest absolute Gasteiger partial charge is 0.163 e. The molecular weight excluding hydrogens is 266 g/mol. The number of nitrogens with zero attached hydrogens (tertiary/aromatic N) is 2. The molecule has 5 heteroatoms. The average Bonchev–Trinajstić information content (AvgIpc) is 3.15. The Labute approximate surface area is 125 Å². The van der Waals surface area contributed by atoms with Crippen LogP contribution in [0.5, 0.6) is 5.75 Å². The van der Waals surface area contributed by atoms with E-state index in [1.165, 1.54) is 12.8 Å². The van der Waals surface area contributed by atoms with Gasteiger partial charge in [-0.3, -0.25) is 4.68 Å². The van der Waals surface area contributed by atoms with Crippen LogP contribution >= 0.6 is 0 Å². The van der Waals surface area contributed by atoms with Gasteiger partial charge in [-0.25, -0.2) is 0 Å². The van der Waals surface area contributed by atoms with Crippen molar-refractivity contribution < 1.29 is 9.15 Å². The molecule has 0 unspecified atom stereocenters. The minimum absolute atomic E-state index is 0.520. The first-order valence-electron chi connectivity index (χ1n) is 7.49. The Morgan fingerprint density at radius 2 is 2.14 bits per heavy atom. The summed E-state index contributed by atoms with van der Waals surface area (Å²) in [5.41, 5.74) is 3.07. The highest BCUT2D eigenvalue weighted by atomic mass is 16.5. The zero-order valence-corrected chi connectivity index (χ0v) is 13.2. The molecular formula is C16H23N3O2. The van der Waals surface area contributed by atoms with Crippen LogP contribution < -0.4 is 10.1 Å². The van der Waals surface area contributed by atoms with E-state index in [4.69, 9.17) is 9.15 Å². The van der Waals surface area contributed by atoms with Crippen molar-refractivity contribution in [3.05, 3.63) is 34.5 Å². The molecule has 0 saturated heterocycles. The maximum atomic E-state index is 5.94. The number of nitrogens with one attached hydrogen (secondary N) is 1. The Balaban J connectivity index is 1.64. The van der Waals surface area contributed by atoms with Gasteiger partial charge in [0.15, 0.2) is 5.75 Å². The Bertz CT molecular complexity index is 638. The standard InChI is InChI=1S/C16H23N3O2/c1-10-16(11(2)19(4)18-10)20-9-13-7-15(21-12(13)3)8-17-14-5-6-14/h7,14,17H,5-6,8-9H2,1-4H3. The molecule has 1 N–H and O–H groups in total. The molecule has 2 heterocycles. The maximum absolute atomic E-state index is 5.94. The number of aromatic nitrogens is 2. The van der Waals surface area contributed by atoms with E-state index >= 15 is 0 Å². The molecule has 5 nitrogen and oxygen atoms in total. The van der Waals surface area contributed by atoms with Crippen molar-refractivity contribution in [3.8, 4) is 5.75 Å². The fraction of sp³-hybridized carbons (Fsp3) is 0.562. The molecule has 21 heavy (non-hydrogen) atoms. The molecule has 2 aromatic heterocycles. The minimum Gasteiger partial charge on any atom is -0.485 e. The summed E-state index contributed by atoms with van der Waals surface area (Å²) in [6, 6.07) is 2.78. The summed E-state index contributed by atoms with van der Waals surface area (Å²) in [6.07, 6.45) is 2.57. The lowest BCUT2D eigenvalue weighted by atomic mass is 10.2. The molecule has 3 rings (SSSR count). The lowest BCUT2D eigenvalue weighted by Crippen LogP contribution is -2.14. The highest BCUT2D eigenvalue weighted by Gasteiger charge is 2.21. The number of hydrogen-bond acceptors (Lipinski definition) is 4. The van der Waals surface area contributed by atoms with Gasteiger partial charge < -0.3 is 14.5 Å². The van der Waals surface area contributed by atoms with E-state index in [2.05, 4.69) is 16.5 Å². The van der Waals surface area contributed by atoms with E-state index in [0.717, 1.165) is 40.8 Å². The molecule has 1 saturated carbocycles. The Hall–Kier alpha value is -1.75. The van der Waals surface area contributed by atoms with E-state index < -0.39 is 0 Å². The number of aryl methyl sites for hydroxylation is 3. The third-order valence-corrected chi connectivity index (χ3v) is 4.03. The van der Waals surface area contributed by atoms with Gasteiger partial charge in [-0.15, -0.1) is 0 Å². The lowest BCUT2D eigenvalue weighted by Gasteiger charge is -2.05. The minimum atomic E-state index is 0.520. The van der Waals surface area contributed by atoms with Crippen LogP contribution in [-0.2, 0) is 20.2 Å². The van der Waals surface area contributed by atoms with Crippen molar-refractivity contribution in [2.24, 2.45) is 7.05 Å². The van der Waals surface area contributed by atoms with Gasteiger partial charge in [0.25, 0.3) is 0 Å². The highest BCUT2D eigenvalue weighted by Crippen LogP contribution is 2.25. The second kappa shape index (κ2) is 5.56. The number of ether oxygens (including phenoxy) is 1. The predicted molar refractivity (Wildman–Crippen MR) is 80.3 cm³/mol. The Kier molecular flexibility index (Phi) is 3.76. The topological polar surface area (TPSA) is 52.2 Å². The van der Waals surface area contributed by atoms with Crippen LogP contribution in [0.25, 0.3) is 0 Å². The van der Waals surface area contributed by atoms with Crippen molar-refractivity contribution in [1.29, 1.82) is 0 Å². The summed E-state index contributed by atoms with van der Waals surface area (Å²) >= 11 is 0. The number of furan rings is 1. The van der Waals surface area contributed by atoms with Gasteiger partial charge in [0.1, 0.15) is 23.8 Å². The third kappa shape index (κ3) is 3.13. The van der Waals surface area contributed by atoms with E-state index in [0.29, 0.717) is 12.6 Å². The summed E-state index contributed by atoms with van der Waals surface area (Å²) in [5.74, 6) is 2.79. The van der Waals surface area contributed by atoms with Gasteiger partial charge in [0.2, 0.25) is 0 Å². The maximum Gasteiger partial charge on any atom is 0.163 e. The average molecular weight is 289 g/mol. The fourth-order valence-corrected chi connectivity index (χ4v) is 2.46. The summed E-state index contributed by atoms with van der Waals surface area (Å²) in [6.45, 7) is 7.29. The van der Waals surface area contributed by atoms with Gasteiger partial charge in [-0.05, 0) is 39.7 Å². The number of rotatable bonds is 6. The SMILES string of the molecule is Cc1nn(C)c(C)c1OCc1cc(CNC2CC2)oc1C. The molecule has 0 amide bonds. The van der Waals surface area contributed by atoms with E-state index in [1.54, 1.807) is 0 Å². The van der Waals surface area contributed by atoms with Crippen molar-refractivity contribution in [1.82, 2.24) is 15.1 Å². The molecule has 0 aliphatic heterocycles. The van der Waals surface area contributed by atoms with Gasteiger partial charge in [0.05, 0.1) is 12.2 Å². The second-order valence-corrected chi connectivity index (χ2v) is 5.86. The number of hydrogen-bond donors (Lipinski definition) is 1. The van der Waals surface area contributed by atoms with Crippen molar-refractivity contribution in [2.45, 2.75) is 52.8 Å². The first-order valence-corrected chi connectivity index (χ1v) is 7.49. The van der Waals surface area contributed by atoms with Crippen LogP contribution in [0, 0.1) is 20.8 Å². The first kappa shape index (κ1) is 14.2. The fourth-order valence-electron chi connectivity index (χ4n) is 2.46. The van der Waals surface area contributed by atoms with Gasteiger partial charge in [0, 0.05) is 18.7 Å².